The Labute approximate surface area is 124 Å². The van der Waals surface area contributed by atoms with Crippen molar-refractivity contribution in [1.82, 2.24) is 10.2 Å². The molecule has 2 fully saturated rings. The van der Waals surface area contributed by atoms with E-state index in [-0.39, 0.29) is 0 Å². The van der Waals surface area contributed by atoms with Crippen LogP contribution in [0, 0.1) is 11.3 Å². The van der Waals surface area contributed by atoms with Crippen molar-refractivity contribution in [3.8, 4) is 0 Å². The first-order valence-electron chi connectivity index (χ1n) is 8.05. The van der Waals surface area contributed by atoms with Crippen LogP contribution in [0.5, 0.6) is 0 Å². The molecule has 0 radical (unpaired) electrons. The Balaban J connectivity index is 1.96. The molecule has 1 saturated carbocycles. The third kappa shape index (κ3) is 4.37. The molecule has 1 aliphatic carbocycles. The molecule has 0 spiro atoms. The second kappa shape index (κ2) is 6.82. The lowest BCUT2D eigenvalue weighted by atomic mass is 9.70. The van der Waals surface area contributed by atoms with E-state index in [9.17, 15) is 0 Å². The summed E-state index contributed by atoms with van der Waals surface area (Å²) in [6, 6.07) is 0. The van der Waals surface area contributed by atoms with E-state index < -0.39 is 0 Å². The average Bonchev–Trinajstić information content (AvgIpc) is 2.32. The van der Waals surface area contributed by atoms with E-state index in [0.29, 0.717) is 5.41 Å². The van der Waals surface area contributed by atoms with E-state index in [2.05, 4.69) is 49.8 Å². The minimum Gasteiger partial charge on any atom is -0.319 e. The number of thioether (sulfide) groups is 1. The third-order valence-electron chi connectivity index (χ3n) is 4.94. The van der Waals surface area contributed by atoms with Crippen molar-refractivity contribution < 1.29 is 0 Å². The van der Waals surface area contributed by atoms with Gasteiger partial charge in [-0.3, -0.25) is 0 Å². The summed E-state index contributed by atoms with van der Waals surface area (Å²) in [6.45, 7) is 12.3. The SMILES string of the molecule is CNCC1(CN2CC(C)SC(C)C2)CCC(C)CC1. The monoisotopic (exact) mass is 284 g/mol. The first-order valence-corrected chi connectivity index (χ1v) is 9.00. The fourth-order valence-electron chi connectivity index (χ4n) is 4.03. The smallest absolute Gasteiger partial charge is 0.0149 e. The zero-order valence-corrected chi connectivity index (χ0v) is 14.1. The molecule has 2 unspecified atom stereocenters. The van der Waals surface area contributed by atoms with Crippen molar-refractivity contribution in [2.45, 2.75) is 57.0 Å². The van der Waals surface area contributed by atoms with Crippen LogP contribution in [0.1, 0.15) is 46.5 Å². The van der Waals surface area contributed by atoms with E-state index in [1.165, 1.54) is 51.9 Å². The maximum Gasteiger partial charge on any atom is 0.0149 e. The number of hydrogen-bond donors (Lipinski definition) is 1. The van der Waals surface area contributed by atoms with Crippen LogP contribution in [-0.4, -0.2) is 48.6 Å². The number of rotatable bonds is 4. The summed E-state index contributed by atoms with van der Waals surface area (Å²) >= 11 is 2.16. The molecule has 0 bridgehead atoms. The highest BCUT2D eigenvalue weighted by Gasteiger charge is 2.36. The van der Waals surface area contributed by atoms with Gasteiger partial charge in [0.1, 0.15) is 0 Å². The summed E-state index contributed by atoms with van der Waals surface area (Å²) in [4.78, 5) is 2.75. The molecule has 1 N–H and O–H groups in total. The van der Waals surface area contributed by atoms with Crippen LogP contribution in [0.15, 0.2) is 0 Å². The highest BCUT2D eigenvalue weighted by atomic mass is 32.2. The summed E-state index contributed by atoms with van der Waals surface area (Å²) in [7, 11) is 2.12. The van der Waals surface area contributed by atoms with Crippen LogP contribution in [0.2, 0.25) is 0 Å². The molecule has 112 valence electrons. The second-order valence-corrected chi connectivity index (χ2v) is 9.05. The molecule has 3 heteroatoms. The largest absolute Gasteiger partial charge is 0.319 e. The Morgan fingerprint density at radius 1 is 1.11 bits per heavy atom. The lowest BCUT2D eigenvalue weighted by Gasteiger charge is -2.45. The molecule has 0 aromatic rings. The Hall–Kier alpha value is 0.270. The predicted molar refractivity (Wildman–Crippen MR) is 86.9 cm³/mol. The second-order valence-electron chi connectivity index (χ2n) is 7.16. The molecule has 0 aromatic heterocycles. The quantitative estimate of drug-likeness (QED) is 0.853. The Morgan fingerprint density at radius 2 is 1.68 bits per heavy atom. The lowest BCUT2D eigenvalue weighted by Crippen LogP contribution is -2.50. The first-order chi connectivity index (χ1) is 9.03. The average molecular weight is 285 g/mol. The summed E-state index contributed by atoms with van der Waals surface area (Å²) < 4.78 is 0. The van der Waals surface area contributed by atoms with E-state index in [1.54, 1.807) is 0 Å². The van der Waals surface area contributed by atoms with Crippen LogP contribution in [-0.2, 0) is 0 Å². The molecular formula is C16H32N2S. The van der Waals surface area contributed by atoms with Gasteiger partial charge in [-0.15, -0.1) is 0 Å². The van der Waals surface area contributed by atoms with Gasteiger partial charge in [-0.1, -0.05) is 33.6 Å². The highest BCUT2D eigenvalue weighted by molar-refractivity contribution is 8.00. The van der Waals surface area contributed by atoms with Crippen molar-refractivity contribution in [2.75, 3.05) is 33.2 Å². The van der Waals surface area contributed by atoms with Gasteiger partial charge in [0.15, 0.2) is 0 Å². The van der Waals surface area contributed by atoms with E-state index in [4.69, 9.17) is 0 Å². The zero-order valence-electron chi connectivity index (χ0n) is 13.2. The van der Waals surface area contributed by atoms with E-state index in [0.717, 1.165) is 16.4 Å². The summed E-state index contributed by atoms with van der Waals surface area (Å²) in [5.74, 6) is 0.944. The zero-order chi connectivity index (χ0) is 13.9. The molecule has 19 heavy (non-hydrogen) atoms. The van der Waals surface area contributed by atoms with E-state index >= 15 is 0 Å². The molecule has 2 aliphatic rings. The minimum absolute atomic E-state index is 0.544. The molecule has 2 rings (SSSR count). The Bertz CT molecular complexity index is 264. The summed E-state index contributed by atoms with van der Waals surface area (Å²) in [6.07, 6.45) is 5.69. The molecular weight excluding hydrogens is 252 g/mol. The molecule has 1 heterocycles. The number of nitrogens with one attached hydrogen (secondary N) is 1. The van der Waals surface area contributed by atoms with Crippen molar-refractivity contribution in [3.05, 3.63) is 0 Å². The molecule has 1 aliphatic heterocycles. The fourth-order valence-corrected chi connectivity index (χ4v) is 5.42. The maximum absolute atomic E-state index is 3.47. The summed E-state index contributed by atoms with van der Waals surface area (Å²) in [5, 5.41) is 5.08. The van der Waals surface area contributed by atoms with Gasteiger partial charge in [0.2, 0.25) is 0 Å². The van der Waals surface area contributed by atoms with Gasteiger partial charge in [0.05, 0.1) is 0 Å². The molecule has 1 saturated heterocycles. The molecule has 2 atom stereocenters. The normalized spacial score (nSPS) is 41.4. The molecule has 2 nitrogen and oxygen atoms in total. The molecule has 0 amide bonds. The van der Waals surface area contributed by atoms with Crippen molar-refractivity contribution in [1.29, 1.82) is 0 Å². The van der Waals surface area contributed by atoms with Crippen molar-refractivity contribution in [2.24, 2.45) is 11.3 Å². The summed E-state index contributed by atoms with van der Waals surface area (Å²) in [5.41, 5.74) is 0.544. The topological polar surface area (TPSA) is 15.3 Å². The van der Waals surface area contributed by atoms with Gasteiger partial charge in [0.25, 0.3) is 0 Å². The fraction of sp³-hybridized carbons (Fsp3) is 1.00. The van der Waals surface area contributed by atoms with Gasteiger partial charge in [0, 0.05) is 36.7 Å². The van der Waals surface area contributed by atoms with Gasteiger partial charge in [-0.25, -0.2) is 0 Å². The maximum atomic E-state index is 3.47. The molecule has 0 aromatic carbocycles. The van der Waals surface area contributed by atoms with Gasteiger partial charge >= 0.3 is 0 Å². The van der Waals surface area contributed by atoms with Gasteiger partial charge < -0.3 is 10.2 Å². The standard InChI is InChI=1S/C16H32N2S/c1-13-5-7-16(8-6-13,11-17-4)12-18-9-14(2)19-15(3)10-18/h13-15,17H,5-12H2,1-4H3. The highest BCUT2D eigenvalue weighted by Crippen LogP contribution is 2.40. The predicted octanol–water partition coefficient (Wildman–Crippen LogP) is 3.23. The van der Waals surface area contributed by atoms with E-state index in [1.807, 2.05) is 0 Å². The van der Waals surface area contributed by atoms with Gasteiger partial charge in [-0.2, -0.15) is 11.8 Å². The minimum atomic E-state index is 0.544. The van der Waals surface area contributed by atoms with Gasteiger partial charge in [-0.05, 0) is 31.2 Å². The number of hydrogen-bond acceptors (Lipinski definition) is 3. The van der Waals surface area contributed by atoms with Crippen LogP contribution in [0.4, 0.5) is 0 Å². The first kappa shape index (κ1) is 15.7. The Morgan fingerprint density at radius 3 is 2.21 bits per heavy atom. The number of nitrogens with zero attached hydrogens (tertiary/aromatic N) is 1. The van der Waals surface area contributed by atoms with Crippen LogP contribution in [0.25, 0.3) is 0 Å². The lowest BCUT2D eigenvalue weighted by molar-refractivity contribution is 0.0873. The Kier molecular flexibility index (Phi) is 5.62. The van der Waals surface area contributed by atoms with Crippen molar-refractivity contribution in [3.63, 3.8) is 0 Å². The van der Waals surface area contributed by atoms with Crippen molar-refractivity contribution >= 4 is 11.8 Å². The van der Waals surface area contributed by atoms with Crippen LogP contribution < -0.4 is 5.32 Å². The van der Waals surface area contributed by atoms with Crippen LogP contribution >= 0.6 is 11.8 Å². The van der Waals surface area contributed by atoms with Crippen LogP contribution in [0.3, 0.4) is 0 Å². The third-order valence-corrected chi connectivity index (χ3v) is 6.17.